The third-order valence-electron chi connectivity index (χ3n) is 5.37. The van der Waals surface area contributed by atoms with Crippen molar-refractivity contribution >= 4 is 38.3 Å². The zero-order chi connectivity index (χ0) is 22.0. The summed E-state index contributed by atoms with van der Waals surface area (Å²) in [7, 11) is -3.81. The molecule has 0 unspecified atom stereocenters. The molecule has 6 nitrogen and oxygen atoms in total. The second-order valence-corrected chi connectivity index (χ2v) is 9.84. The van der Waals surface area contributed by atoms with Crippen LogP contribution < -0.4 is 0 Å². The number of halogens is 1. The molecule has 3 aromatic rings. The second-order valence-electron chi connectivity index (χ2n) is 7.47. The van der Waals surface area contributed by atoms with Gasteiger partial charge in [-0.25, -0.2) is 8.42 Å². The minimum atomic E-state index is -3.81. The summed E-state index contributed by atoms with van der Waals surface area (Å²) in [5.74, 6) is -0.238. The molecular formula is C23H20ClN3O3S. The first-order valence-electron chi connectivity index (χ1n) is 9.83. The van der Waals surface area contributed by atoms with Gasteiger partial charge < -0.3 is 4.90 Å². The van der Waals surface area contributed by atoms with Gasteiger partial charge in [-0.2, -0.15) is 9.57 Å². The fourth-order valence-electron chi connectivity index (χ4n) is 3.67. The number of sulfonamides is 1. The first kappa shape index (κ1) is 21.3. The van der Waals surface area contributed by atoms with Crippen LogP contribution in [0.15, 0.2) is 65.6 Å². The highest BCUT2D eigenvalue weighted by Gasteiger charge is 2.31. The fraction of sp³-hybridized carbons (Fsp3) is 0.217. The third kappa shape index (κ3) is 4.57. The van der Waals surface area contributed by atoms with E-state index in [1.807, 2.05) is 12.1 Å². The molecule has 3 aromatic carbocycles. The molecule has 0 aromatic heterocycles. The largest absolute Gasteiger partial charge is 0.337 e. The van der Waals surface area contributed by atoms with E-state index >= 15 is 0 Å². The van der Waals surface area contributed by atoms with Gasteiger partial charge in [-0.1, -0.05) is 35.9 Å². The molecule has 0 radical (unpaired) electrons. The maximum atomic E-state index is 13.2. The summed E-state index contributed by atoms with van der Waals surface area (Å²) in [4.78, 5) is 14.7. The van der Waals surface area contributed by atoms with Crippen LogP contribution in [0.5, 0.6) is 0 Å². The van der Waals surface area contributed by atoms with E-state index in [4.69, 9.17) is 16.9 Å². The fourth-order valence-corrected chi connectivity index (χ4v) is 5.32. The average molecular weight is 454 g/mol. The Hall–Kier alpha value is -2.92. The predicted octanol–water partition coefficient (Wildman–Crippen LogP) is 3.79. The van der Waals surface area contributed by atoms with E-state index in [2.05, 4.69) is 6.07 Å². The topological polar surface area (TPSA) is 81.5 Å². The molecule has 8 heteroatoms. The number of benzene rings is 3. The van der Waals surface area contributed by atoms with Crippen molar-refractivity contribution in [2.45, 2.75) is 17.9 Å². The van der Waals surface area contributed by atoms with E-state index in [-0.39, 0.29) is 23.9 Å². The molecular weight excluding hydrogens is 434 g/mol. The van der Waals surface area contributed by atoms with Gasteiger partial charge in [-0.3, -0.25) is 4.79 Å². The summed E-state index contributed by atoms with van der Waals surface area (Å²) >= 11 is 6.01. The standard InChI is InChI=1S/C23H20ClN3O3S/c24-21-8-6-20-13-22(9-7-19(20)12-21)31(29,30)27-11-1-10-26(23(28)16-27)15-18-4-2-17(14-25)3-5-18/h2-9,12-13H,1,10-11,15-16H2. The number of amides is 1. The Kier molecular flexibility index (Phi) is 5.96. The number of carbonyl (C=O) groups is 1. The highest BCUT2D eigenvalue weighted by Crippen LogP contribution is 2.25. The zero-order valence-electron chi connectivity index (χ0n) is 16.7. The highest BCUT2D eigenvalue weighted by atomic mass is 35.5. The molecule has 1 heterocycles. The van der Waals surface area contributed by atoms with Crippen molar-refractivity contribution < 1.29 is 13.2 Å². The minimum Gasteiger partial charge on any atom is -0.337 e. The van der Waals surface area contributed by atoms with Gasteiger partial charge in [0.1, 0.15) is 0 Å². The van der Waals surface area contributed by atoms with Gasteiger partial charge in [-0.05, 0) is 59.2 Å². The minimum absolute atomic E-state index is 0.163. The normalized spacial score (nSPS) is 15.6. The van der Waals surface area contributed by atoms with Crippen molar-refractivity contribution in [1.82, 2.24) is 9.21 Å². The van der Waals surface area contributed by atoms with E-state index < -0.39 is 10.0 Å². The van der Waals surface area contributed by atoms with Crippen molar-refractivity contribution in [2.24, 2.45) is 0 Å². The van der Waals surface area contributed by atoms with Crippen LogP contribution in [0.3, 0.4) is 0 Å². The average Bonchev–Trinajstić information content (AvgIpc) is 2.95. The first-order valence-corrected chi connectivity index (χ1v) is 11.6. The van der Waals surface area contributed by atoms with Gasteiger partial charge in [0.2, 0.25) is 15.9 Å². The van der Waals surface area contributed by atoms with Crippen LogP contribution in [0.2, 0.25) is 5.02 Å². The second kappa shape index (κ2) is 8.67. The van der Waals surface area contributed by atoms with Crippen LogP contribution in [0.4, 0.5) is 0 Å². The number of nitrogens with zero attached hydrogens (tertiary/aromatic N) is 3. The Morgan fingerprint density at radius 2 is 1.68 bits per heavy atom. The van der Waals surface area contributed by atoms with Crippen LogP contribution in [-0.2, 0) is 21.4 Å². The summed E-state index contributed by atoms with van der Waals surface area (Å²) in [6.07, 6.45) is 0.546. The van der Waals surface area contributed by atoms with E-state index in [9.17, 15) is 13.2 Å². The van der Waals surface area contributed by atoms with Crippen molar-refractivity contribution in [3.05, 3.63) is 76.8 Å². The Labute approximate surface area is 186 Å². The molecule has 0 aliphatic carbocycles. The van der Waals surface area contributed by atoms with Crippen LogP contribution in [0, 0.1) is 11.3 Å². The Bertz CT molecular complexity index is 1280. The lowest BCUT2D eigenvalue weighted by Gasteiger charge is -2.22. The van der Waals surface area contributed by atoms with Crippen LogP contribution in [0.25, 0.3) is 10.8 Å². The summed E-state index contributed by atoms with van der Waals surface area (Å²) < 4.78 is 27.7. The predicted molar refractivity (Wildman–Crippen MR) is 119 cm³/mol. The van der Waals surface area contributed by atoms with Crippen LogP contribution >= 0.6 is 11.6 Å². The molecule has 1 aliphatic heterocycles. The van der Waals surface area contributed by atoms with Crippen LogP contribution in [0.1, 0.15) is 17.5 Å². The van der Waals surface area contributed by atoms with Gasteiger partial charge >= 0.3 is 0 Å². The molecule has 4 rings (SSSR count). The lowest BCUT2D eigenvalue weighted by atomic mass is 10.1. The van der Waals surface area contributed by atoms with E-state index in [1.54, 1.807) is 53.4 Å². The number of nitriles is 1. The molecule has 0 N–H and O–H groups in total. The SMILES string of the molecule is N#Cc1ccc(CN2CCCN(S(=O)(=O)c3ccc4cc(Cl)ccc4c3)CC2=O)cc1. The smallest absolute Gasteiger partial charge is 0.243 e. The number of fused-ring (bicyclic) bond motifs is 1. The molecule has 0 spiro atoms. The number of carbonyl (C=O) groups excluding carboxylic acids is 1. The molecule has 31 heavy (non-hydrogen) atoms. The number of hydrogen-bond donors (Lipinski definition) is 0. The molecule has 0 atom stereocenters. The first-order chi connectivity index (χ1) is 14.9. The van der Waals surface area contributed by atoms with Gasteiger partial charge in [-0.15, -0.1) is 0 Å². The molecule has 0 saturated carbocycles. The molecule has 1 saturated heterocycles. The summed E-state index contributed by atoms with van der Waals surface area (Å²) in [6.45, 7) is 0.935. The third-order valence-corrected chi connectivity index (χ3v) is 7.44. The monoisotopic (exact) mass is 453 g/mol. The van der Waals surface area contributed by atoms with E-state index in [0.29, 0.717) is 30.1 Å². The van der Waals surface area contributed by atoms with Gasteiger partial charge in [0.05, 0.1) is 23.1 Å². The number of rotatable bonds is 4. The summed E-state index contributed by atoms with van der Waals surface area (Å²) in [5, 5.41) is 11.1. The van der Waals surface area contributed by atoms with E-state index in [0.717, 1.165) is 16.3 Å². The van der Waals surface area contributed by atoms with Gasteiger partial charge in [0, 0.05) is 24.7 Å². The van der Waals surface area contributed by atoms with Crippen molar-refractivity contribution in [2.75, 3.05) is 19.6 Å². The van der Waals surface area contributed by atoms with Crippen molar-refractivity contribution in [3.63, 3.8) is 0 Å². The highest BCUT2D eigenvalue weighted by molar-refractivity contribution is 7.89. The van der Waals surface area contributed by atoms with Crippen LogP contribution in [-0.4, -0.2) is 43.2 Å². The molecule has 1 aliphatic rings. The van der Waals surface area contributed by atoms with Crippen molar-refractivity contribution in [1.29, 1.82) is 5.26 Å². The lowest BCUT2D eigenvalue weighted by molar-refractivity contribution is -0.131. The summed E-state index contributed by atoms with van der Waals surface area (Å²) in [5.41, 5.74) is 1.46. The lowest BCUT2D eigenvalue weighted by Crippen LogP contribution is -2.39. The molecule has 158 valence electrons. The van der Waals surface area contributed by atoms with Crippen molar-refractivity contribution in [3.8, 4) is 6.07 Å². The maximum absolute atomic E-state index is 13.2. The van der Waals surface area contributed by atoms with Gasteiger partial charge in [0.25, 0.3) is 0 Å². The Balaban J connectivity index is 1.53. The molecule has 0 bridgehead atoms. The Morgan fingerprint density at radius 1 is 0.968 bits per heavy atom. The summed E-state index contributed by atoms with van der Waals surface area (Å²) in [6, 6.07) is 19.3. The molecule has 1 fully saturated rings. The molecule has 1 amide bonds. The quantitative estimate of drug-likeness (QED) is 0.601. The maximum Gasteiger partial charge on any atom is 0.243 e. The zero-order valence-corrected chi connectivity index (χ0v) is 18.2. The number of hydrogen-bond acceptors (Lipinski definition) is 4. The van der Waals surface area contributed by atoms with E-state index in [1.165, 1.54) is 4.31 Å². The Morgan fingerprint density at radius 3 is 2.42 bits per heavy atom. The van der Waals surface area contributed by atoms with Gasteiger partial charge in [0.15, 0.2) is 0 Å².